The number of hydrogen-bond donors (Lipinski definition) is 2. The first-order valence-electron chi connectivity index (χ1n) is 13.4. The molecule has 2 N–H and O–H groups in total. The Morgan fingerprint density at radius 1 is 1.05 bits per heavy atom. The van der Waals surface area contributed by atoms with Crippen molar-refractivity contribution < 1.29 is 18.6 Å². The van der Waals surface area contributed by atoms with Gasteiger partial charge in [0.05, 0.1) is 32.9 Å². The predicted molar refractivity (Wildman–Crippen MR) is 149 cm³/mol. The minimum Gasteiger partial charge on any atom is -0.497 e. The number of nitrogens with zero attached hydrogens (tertiary/aromatic N) is 5. The molecular weight excluding hydrogens is 513 g/mol. The van der Waals surface area contributed by atoms with Crippen molar-refractivity contribution in [2.75, 3.05) is 26.6 Å². The van der Waals surface area contributed by atoms with Gasteiger partial charge in [0.25, 0.3) is 0 Å². The molecule has 0 amide bonds. The Labute approximate surface area is 230 Å². The molecule has 40 heavy (non-hydrogen) atoms. The Bertz CT molecular complexity index is 1650. The minimum atomic E-state index is -0.423. The first-order chi connectivity index (χ1) is 19.5. The number of rotatable bonds is 8. The average molecular weight is 546 g/mol. The highest BCUT2D eigenvalue weighted by Gasteiger charge is 2.33. The number of fused-ring (bicyclic) bond motifs is 3. The first kappa shape index (κ1) is 25.8. The second kappa shape index (κ2) is 10.6. The molecule has 1 aliphatic carbocycles. The van der Waals surface area contributed by atoms with Gasteiger partial charge in [0.15, 0.2) is 11.5 Å². The summed E-state index contributed by atoms with van der Waals surface area (Å²) in [7, 11) is 4.74. The molecule has 0 saturated heterocycles. The summed E-state index contributed by atoms with van der Waals surface area (Å²) in [5.74, 6) is 3.53. The highest BCUT2D eigenvalue weighted by Crippen LogP contribution is 2.44. The van der Waals surface area contributed by atoms with Crippen molar-refractivity contribution in [3.63, 3.8) is 0 Å². The third kappa shape index (κ3) is 4.65. The molecule has 11 heteroatoms. The molecule has 0 radical (unpaired) electrons. The quantitative estimate of drug-likeness (QED) is 0.264. The van der Waals surface area contributed by atoms with Crippen LogP contribution in [0.2, 0.25) is 0 Å². The zero-order valence-electron chi connectivity index (χ0n) is 22.9. The maximum absolute atomic E-state index is 14.6. The zero-order valence-corrected chi connectivity index (χ0v) is 22.9. The standard InChI is InChI=1S/C29H32FN7O3/c1-16-5-6-17(9-22(16)19-14-32-33-15-19)27-35-28-23-10-20(30)11-25(40-4)26(23)34-29(37(28)36-27)31-13-18-7-8-21(38-2)12-24(18)39-3/h7-8,10-12,14-17,22H,5-6,9,13H2,1-4H3,(H,31,34)(H,32,33). The largest absolute Gasteiger partial charge is 0.497 e. The van der Waals surface area contributed by atoms with Gasteiger partial charge < -0.3 is 19.5 Å². The Balaban J connectivity index is 1.42. The number of H-pyrrole nitrogens is 1. The molecule has 5 aromatic rings. The second-order valence-corrected chi connectivity index (χ2v) is 10.3. The van der Waals surface area contributed by atoms with E-state index in [0.29, 0.717) is 58.1 Å². The van der Waals surface area contributed by atoms with Gasteiger partial charge in [-0.1, -0.05) is 6.92 Å². The van der Waals surface area contributed by atoms with Crippen LogP contribution in [0.4, 0.5) is 10.3 Å². The number of ether oxygens (including phenoxy) is 3. The number of hydrogen-bond acceptors (Lipinski definition) is 8. The number of aromatic nitrogens is 6. The van der Waals surface area contributed by atoms with Gasteiger partial charge in [0.1, 0.15) is 28.6 Å². The number of aromatic amines is 1. The summed E-state index contributed by atoms with van der Waals surface area (Å²) < 4.78 is 32.7. The third-order valence-corrected chi connectivity index (χ3v) is 7.98. The van der Waals surface area contributed by atoms with E-state index < -0.39 is 5.82 Å². The molecule has 1 saturated carbocycles. The molecular formula is C29H32FN7O3. The normalized spacial score (nSPS) is 19.2. The number of nitrogens with one attached hydrogen (secondary N) is 2. The Hall–Kier alpha value is -4.41. The summed E-state index contributed by atoms with van der Waals surface area (Å²) in [5.41, 5.74) is 3.15. The number of benzene rings is 2. The molecule has 1 aliphatic rings. The van der Waals surface area contributed by atoms with Crippen molar-refractivity contribution in [2.45, 2.75) is 44.6 Å². The number of methoxy groups -OCH3 is 3. The van der Waals surface area contributed by atoms with Gasteiger partial charge >= 0.3 is 0 Å². The molecule has 1 fully saturated rings. The van der Waals surface area contributed by atoms with E-state index in [-0.39, 0.29) is 5.92 Å². The van der Waals surface area contributed by atoms with Gasteiger partial charge in [-0.05, 0) is 54.9 Å². The molecule has 6 rings (SSSR count). The highest BCUT2D eigenvalue weighted by molar-refractivity contribution is 5.96. The summed E-state index contributed by atoms with van der Waals surface area (Å²) in [5, 5.41) is 16.0. The fraction of sp³-hybridized carbons (Fsp3) is 0.379. The van der Waals surface area contributed by atoms with E-state index in [1.165, 1.54) is 24.8 Å². The maximum Gasteiger partial charge on any atom is 0.226 e. The van der Waals surface area contributed by atoms with E-state index in [9.17, 15) is 4.39 Å². The number of anilines is 1. The lowest BCUT2D eigenvalue weighted by atomic mass is 9.72. The summed E-state index contributed by atoms with van der Waals surface area (Å²) in [6.07, 6.45) is 6.82. The lowest BCUT2D eigenvalue weighted by Gasteiger charge is -2.32. The molecule has 3 aromatic heterocycles. The Kier molecular flexibility index (Phi) is 6.87. The van der Waals surface area contributed by atoms with Gasteiger partial charge in [-0.2, -0.15) is 9.61 Å². The Morgan fingerprint density at radius 2 is 1.90 bits per heavy atom. The predicted octanol–water partition coefficient (Wildman–Crippen LogP) is 5.47. The van der Waals surface area contributed by atoms with E-state index in [0.717, 1.165) is 30.7 Å². The van der Waals surface area contributed by atoms with Crippen molar-refractivity contribution in [1.82, 2.24) is 29.8 Å². The molecule has 3 atom stereocenters. The van der Waals surface area contributed by atoms with Crippen LogP contribution in [0.1, 0.15) is 55.0 Å². The fourth-order valence-electron chi connectivity index (χ4n) is 5.76. The molecule has 0 bridgehead atoms. The highest BCUT2D eigenvalue weighted by atomic mass is 19.1. The van der Waals surface area contributed by atoms with Crippen molar-refractivity contribution in [3.05, 3.63) is 65.5 Å². The van der Waals surface area contributed by atoms with Crippen LogP contribution in [-0.4, -0.2) is 51.1 Å². The molecule has 2 aromatic carbocycles. The minimum absolute atomic E-state index is 0.149. The summed E-state index contributed by atoms with van der Waals surface area (Å²) in [6.45, 7) is 2.69. The Morgan fingerprint density at radius 3 is 2.65 bits per heavy atom. The van der Waals surface area contributed by atoms with Crippen LogP contribution in [0.25, 0.3) is 16.6 Å². The topological polar surface area (TPSA) is 111 Å². The van der Waals surface area contributed by atoms with Gasteiger partial charge in [-0.3, -0.25) is 5.10 Å². The molecule has 208 valence electrons. The van der Waals surface area contributed by atoms with Crippen LogP contribution in [-0.2, 0) is 6.54 Å². The van der Waals surface area contributed by atoms with E-state index in [1.54, 1.807) is 18.7 Å². The van der Waals surface area contributed by atoms with E-state index in [4.69, 9.17) is 29.3 Å². The fourth-order valence-corrected chi connectivity index (χ4v) is 5.76. The molecule has 0 spiro atoms. The average Bonchev–Trinajstić information content (AvgIpc) is 3.67. The van der Waals surface area contributed by atoms with Crippen LogP contribution in [0.3, 0.4) is 0 Å². The van der Waals surface area contributed by atoms with E-state index in [1.807, 2.05) is 30.6 Å². The van der Waals surface area contributed by atoms with E-state index in [2.05, 4.69) is 22.4 Å². The van der Waals surface area contributed by atoms with Gasteiger partial charge in [-0.15, -0.1) is 5.10 Å². The van der Waals surface area contributed by atoms with Crippen LogP contribution in [0.15, 0.2) is 42.7 Å². The number of halogens is 1. The monoisotopic (exact) mass is 545 g/mol. The lowest BCUT2D eigenvalue weighted by molar-refractivity contribution is 0.293. The maximum atomic E-state index is 14.6. The van der Waals surface area contributed by atoms with Crippen LogP contribution >= 0.6 is 0 Å². The van der Waals surface area contributed by atoms with Crippen LogP contribution in [0.5, 0.6) is 17.2 Å². The SMILES string of the molecule is COc1ccc(CNc2nc3c(OC)cc(F)cc3c3nc(C4CCC(C)C(c5cn[nH]c5)C4)nn23)c(OC)c1. The lowest BCUT2D eigenvalue weighted by Crippen LogP contribution is -2.21. The summed E-state index contributed by atoms with van der Waals surface area (Å²) in [4.78, 5) is 9.80. The third-order valence-electron chi connectivity index (χ3n) is 7.98. The molecule has 3 heterocycles. The van der Waals surface area contributed by atoms with Crippen molar-refractivity contribution in [1.29, 1.82) is 0 Å². The molecule has 3 unspecified atom stereocenters. The van der Waals surface area contributed by atoms with Crippen LogP contribution < -0.4 is 19.5 Å². The van der Waals surface area contributed by atoms with Gasteiger partial charge in [0.2, 0.25) is 5.95 Å². The summed E-state index contributed by atoms with van der Waals surface area (Å²) in [6, 6.07) is 8.41. The molecule has 0 aliphatic heterocycles. The van der Waals surface area contributed by atoms with Crippen LogP contribution in [0, 0.1) is 11.7 Å². The molecule has 10 nitrogen and oxygen atoms in total. The first-order valence-corrected chi connectivity index (χ1v) is 13.4. The van der Waals surface area contributed by atoms with Gasteiger partial charge in [-0.25, -0.2) is 14.4 Å². The second-order valence-electron chi connectivity index (χ2n) is 10.3. The smallest absolute Gasteiger partial charge is 0.226 e. The zero-order chi connectivity index (χ0) is 27.8. The van der Waals surface area contributed by atoms with E-state index >= 15 is 0 Å². The van der Waals surface area contributed by atoms with Gasteiger partial charge in [0, 0.05) is 36.4 Å². The van der Waals surface area contributed by atoms with Crippen molar-refractivity contribution in [3.8, 4) is 17.2 Å². The van der Waals surface area contributed by atoms with Crippen molar-refractivity contribution >= 4 is 22.5 Å². The summed E-state index contributed by atoms with van der Waals surface area (Å²) >= 11 is 0. The van der Waals surface area contributed by atoms with Crippen molar-refractivity contribution in [2.24, 2.45) is 5.92 Å².